The summed E-state index contributed by atoms with van der Waals surface area (Å²) >= 11 is 0. The zero-order chi connectivity index (χ0) is 21.3. The molecule has 4 rings (SSSR count). The van der Waals surface area contributed by atoms with E-state index in [1.807, 2.05) is 56.3 Å². The fourth-order valence-corrected chi connectivity index (χ4v) is 3.89. The Bertz CT molecular complexity index is 980. The zero-order valence-electron chi connectivity index (χ0n) is 18.0. The van der Waals surface area contributed by atoms with Crippen LogP contribution in [0.25, 0.3) is 6.08 Å². The number of methoxy groups -OCH3 is 1. The van der Waals surface area contributed by atoms with Crippen LogP contribution in [-0.4, -0.2) is 51.8 Å². The maximum Gasteiger partial charge on any atom is 0.231 e. The maximum absolute atomic E-state index is 13.0. The Morgan fingerprint density at radius 1 is 1.20 bits per heavy atom. The van der Waals surface area contributed by atoms with E-state index in [0.29, 0.717) is 23.8 Å². The normalized spacial score (nSPS) is 16.8. The number of ketones is 1. The Balaban J connectivity index is 1.57. The van der Waals surface area contributed by atoms with Gasteiger partial charge in [0.1, 0.15) is 18.2 Å². The number of fused-ring (bicyclic) bond motifs is 2. The highest BCUT2D eigenvalue weighted by Crippen LogP contribution is 2.43. The van der Waals surface area contributed by atoms with E-state index in [2.05, 4.69) is 4.90 Å². The first-order valence-electron chi connectivity index (χ1n) is 10.2. The number of Topliss-reactive ketones (excluding diaryl/α,β-unsaturated/α-hetero) is 1. The Morgan fingerprint density at radius 2 is 1.97 bits per heavy atom. The number of anilines is 1. The van der Waals surface area contributed by atoms with E-state index in [9.17, 15) is 4.79 Å². The van der Waals surface area contributed by atoms with Crippen molar-refractivity contribution >= 4 is 17.5 Å². The number of ether oxygens (including phenoxy) is 3. The van der Waals surface area contributed by atoms with Gasteiger partial charge < -0.3 is 19.1 Å². The van der Waals surface area contributed by atoms with Crippen molar-refractivity contribution in [3.05, 3.63) is 58.3 Å². The van der Waals surface area contributed by atoms with Gasteiger partial charge in [0.15, 0.2) is 5.76 Å². The summed E-state index contributed by atoms with van der Waals surface area (Å²) in [6.07, 6.45) is 2.75. The van der Waals surface area contributed by atoms with Crippen LogP contribution in [0.1, 0.15) is 33.5 Å². The lowest BCUT2D eigenvalue weighted by atomic mass is 10.00. The fraction of sp³-hybridized carbons (Fsp3) is 0.375. The summed E-state index contributed by atoms with van der Waals surface area (Å²) in [4.78, 5) is 17.3. The molecule has 0 aliphatic carbocycles. The number of rotatable bonds is 6. The van der Waals surface area contributed by atoms with Crippen LogP contribution in [0.2, 0.25) is 0 Å². The van der Waals surface area contributed by atoms with Gasteiger partial charge in [-0.25, -0.2) is 0 Å². The zero-order valence-corrected chi connectivity index (χ0v) is 18.0. The minimum Gasteiger partial charge on any atom is -0.477 e. The van der Waals surface area contributed by atoms with Crippen molar-refractivity contribution in [3.8, 4) is 11.5 Å². The third-order valence-electron chi connectivity index (χ3n) is 5.53. The SMILES string of the molecule is COCCCN1COc2c(cc3c(c2C)O/C(=C\c2ccc(N(C)C)cc2)C3=O)C1. The molecule has 0 saturated carbocycles. The van der Waals surface area contributed by atoms with Gasteiger partial charge in [-0.1, -0.05) is 12.1 Å². The van der Waals surface area contributed by atoms with Gasteiger partial charge in [-0.3, -0.25) is 9.69 Å². The molecule has 2 aromatic rings. The quantitative estimate of drug-likeness (QED) is 0.534. The third kappa shape index (κ3) is 3.93. The summed E-state index contributed by atoms with van der Waals surface area (Å²) in [6.45, 7) is 4.86. The van der Waals surface area contributed by atoms with E-state index in [1.54, 1.807) is 13.2 Å². The number of benzene rings is 2. The summed E-state index contributed by atoms with van der Waals surface area (Å²) in [5.74, 6) is 1.72. The van der Waals surface area contributed by atoms with Gasteiger partial charge in [-0.2, -0.15) is 0 Å². The van der Waals surface area contributed by atoms with Crippen LogP contribution in [0.4, 0.5) is 5.69 Å². The molecule has 0 saturated heterocycles. The number of nitrogens with zero attached hydrogens (tertiary/aromatic N) is 2. The lowest BCUT2D eigenvalue weighted by Crippen LogP contribution is -2.33. The van der Waals surface area contributed by atoms with E-state index in [1.165, 1.54) is 0 Å². The van der Waals surface area contributed by atoms with Gasteiger partial charge in [0, 0.05) is 57.7 Å². The molecule has 0 fully saturated rings. The molecule has 0 amide bonds. The van der Waals surface area contributed by atoms with E-state index in [-0.39, 0.29) is 5.78 Å². The van der Waals surface area contributed by atoms with Crippen LogP contribution in [0.15, 0.2) is 36.1 Å². The molecule has 2 aliphatic heterocycles. The smallest absolute Gasteiger partial charge is 0.231 e. The molecule has 0 bridgehead atoms. The van der Waals surface area contributed by atoms with Gasteiger partial charge in [-0.15, -0.1) is 0 Å². The van der Waals surface area contributed by atoms with Crippen molar-refractivity contribution in [2.75, 3.05) is 46.0 Å². The number of carbonyl (C=O) groups is 1. The molecule has 30 heavy (non-hydrogen) atoms. The van der Waals surface area contributed by atoms with Gasteiger partial charge in [-0.05, 0) is 43.2 Å². The topological polar surface area (TPSA) is 51.2 Å². The van der Waals surface area contributed by atoms with Gasteiger partial charge >= 0.3 is 0 Å². The molecule has 6 heteroatoms. The molecule has 0 spiro atoms. The first-order valence-corrected chi connectivity index (χ1v) is 10.2. The summed E-state index contributed by atoms with van der Waals surface area (Å²) in [7, 11) is 5.71. The van der Waals surface area contributed by atoms with E-state index in [0.717, 1.165) is 54.2 Å². The van der Waals surface area contributed by atoms with Crippen LogP contribution >= 0.6 is 0 Å². The Hall–Kier alpha value is -2.83. The maximum atomic E-state index is 13.0. The summed E-state index contributed by atoms with van der Waals surface area (Å²) in [5.41, 5.74) is 4.57. The molecule has 2 aliphatic rings. The first-order chi connectivity index (χ1) is 14.5. The Morgan fingerprint density at radius 3 is 2.67 bits per heavy atom. The highest BCUT2D eigenvalue weighted by Gasteiger charge is 2.33. The second-order valence-electron chi connectivity index (χ2n) is 7.96. The molecule has 0 atom stereocenters. The monoisotopic (exact) mass is 408 g/mol. The average Bonchev–Trinajstić information content (AvgIpc) is 3.04. The van der Waals surface area contributed by atoms with Gasteiger partial charge in [0.05, 0.1) is 5.56 Å². The highest BCUT2D eigenvalue weighted by atomic mass is 16.5. The van der Waals surface area contributed by atoms with Crippen molar-refractivity contribution in [2.45, 2.75) is 19.9 Å². The molecule has 0 radical (unpaired) electrons. The minimum absolute atomic E-state index is 0.0795. The summed E-state index contributed by atoms with van der Waals surface area (Å²) < 4.78 is 17.1. The van der Waals surface area contributed by atoms with Crippen LogP contribution in [-0.2, 0) is 11.3 Å². The summed E-state index contributed by atoms with van der Waals surface area (Å²) in [5, 5.41) is 0. The van der Waals surface area contributed by atoms with Crippen molar-refractivity contribution in [1.82, 2.24) is 4.90 Å². The predicted octanol–water partition coefficient (Wildman–Crippen LogP) is 3.87. The molecule has 158 valence electrons. The third-order valence-corrected chi connectivity index (χ3v) is 5.53. The predicted molar refractivity (Wildman–Crippen MR) is 117 cm³/mol. The molecular formula is C24H28N2O4. The number of hydrogen-bond donors (Lipinski definition) is 0. The lowest BCUT2D eigenvalue weighted by molar-refractivity contribution is 0.0826. The Labute approximate surface area is 177 Å². The largest absolute Gasteiger partial charge is 0.477 e. The first kappa shape index (κ1) is 20.4. The van der Waals surface area contributed by atoms with Crippen LogP contribution in [0.3, 0.4) is 0 Å². The van der Waals surface area contributed by atoms with Crippen molar-refractivity contribution in [1.29, 1.82) is 0 Å². The fourth-order valence-electron chi connectivity index (χ4n) is 3.89. The molecule has 2 heterocycles. The molecule has 0 unspecified atom stereocenters. The highest BCUT2D eigenvalue weighted by molar-refractivity contribution is 6.15. The van der Waals surface area contributed by atoms with Crippen LogP contribution < -0.4 is 14.4 Å². The molecule has 6 nitrogen and oxygen atoms in total. The van der Waals surface area contributed by atoms with E-state index < -0.39 is 0 Å². The van der Waals surface area contributed by atoms with E-state index >= 15 is 0 Å². The average molecular weight is 408 g/mol. The minimum atomic E-state index is -0.0795. The number of carbonyl (C=O) groups excluding carboxylic acids is 1. The van der Waals surface area contributed by atoms with Crippen molar-refractivity contribution < 1.29 is 19.0 Å². The van der Waals surface area contributed by atoms with Crippen LogP contribution in [0.5, 0.6) is 11.5 Å². The molecule has 2 aromatic carbocycles. The van der Waals surface area contributed by atoms with Crippen molar-refractivity contribution in [3.63, 3.8) is 0 Å². The molecule has 0 aromatic heterocycles. The molecular weight excluding hydrogens is 380 g/mol. The van der Waals surface area contributed by atoms with Gasteiger partial charge in [0.25, 0.3) is 0 Å². The lowest BCUT2D eigenvalue weighted by Gasteiger charge is -2.30. The second kappa shape index (κ2) is 8.50. The number of allylic oxidation sites excluding steroid dienone is 1. The second-order valence-corrected chi connectivity index (χ2v) is 7.96. The summed E-state index contributed by atoms with van der Waals surface area (Å²) in [6, 6.07) is 9.95. The van der Waals surface area contributed by atoms with Gasteiger partial charge in [0.2, 0.25) is 5.78 Å². The molecule has 0 N–H and O–H groups in total. The Kier molecular flexibility index (Phi) is 5.79. The number of hydrogen-bond acceptors (Lipinski definition) is 6. The van der Waals surface area contributed by atoms with E-state index in [4.69, 9.17) is 14.2 Å². The van der Waals surface area contributed by atoms with Crippen molar-refractivity contribution in [2.24, 2.45) is 0 Å². The standard InChI is InChI=1S/C24H28N2O4/c1-16-23-18(14-26(15-29-23)10-5-11-28-4)13-20-22(27)21(30-24(16)20)12-17-6-8-19(9-7-17)25(2)3/h6-9,12-13H,5,10-11,14-15H2,1-4H3/b21-12-. The van der Waals surface area contributed by atoms with Crippen LogP contribution in [0, 0.1) is 6.92 Å².